The molecule has 0 heterocycles. The fourth-order valence-corrected chi connectivity index (χ4v) is 1.80. The van der Waals surface area contributed by atoms with E-state index in [2.05, 4.69) is 5.32 Å². The third-order valence-electron chi connectivity index (χ3n) is 2.87. The largest absolute Gasteiger partial charge is 0.495 e. The van der Waals surface area contributed by atoms with E-state index in [4.69, 9.17) is 4.74 Å². The molecule has 0 fully saturated rings. The van der Waals surface area contributed by atoms with E-state index < -0.39 is 11.7 Å². The highest BCUT2D eigenvalue weighted by Crippen LogP contribution is 2.29. The Morgan fingerprint density at radius 3 is 2.25 bits per heavy atom. The first-order valence-electron chi connectivity index (χ1n) is 6.04. The van der Waals surface area contributed by atoms with Crippen molar-refractivity contribution in [3.05, 3.63) is 59.7 Å². The summed E-state index contributed by atoms with van der Waals surface area (Å²) in [6.45, 7) is 0.429. The smallest absolute Gasteiger partial charge is 0.416 e. The van der Waals surface area contributed by atoms with Crippen LogP contribution in [0.25, 0.3) is 0 Å². The maximum atomic E-state index is 12.4. The lowest BCUT2D eigenvalue weighted by molar-refractivity contribution is -0.137. The first kappa shape index (κ1) is 14.2. The summed E-state index contributed by atoms with van der Waals surface area (Å²) in [7, 11) is 1.57. The highest BCUT2D eigenvalue weighted by atomic mass is 19.4. The molecule has 0 aromatic heterocycles. The van der Waals surface area contributed by atoms with Gasteiger partial charge in [-0.1, -0.05) is 24.3 Å². The highest BCUT2D eigenvalue weighted by Gasteiger charge is 2.29. The minimum Gasteiger partial charge on any atom is -0.495 e. The third kappa shape index (κ3) is 3.44. The van der Waals surface area contributed by atoms with Gasteiger partial charge in [-0.25, -0.2) is 0 Å². The van der Waals surface area contributed by atoms with Crippen LogP contribution in [0, 0.1) is 0 Å². The molecule has 2 aromatic rings. The van der Waals surface area contributed by atoms with Crippen LogP contribution in [0.1, 0.15) is 11.1 Å². The van der Waals surface area contributed by atoms with Crippen molar-refractivity contribution in [2.24, 2.45) is 0 Å². The van der Waals surface area contributed by atoms with E-state index in [1.807, 2.05) is 24.3 Å². The van der Waals surface area contributed by atoms with Crippen molar-refractivity contribution < 1.29 is 17.9 Å². The van der Waals surface area contributed by atoms with E-state index in [9.17, 15) is 13.2 Å². The summed E-state index contributed by atoms with van der Waals surface area (Å²) in [6, 6.07) is 12.5. The molecule has 0 saturated heterocycles. The number of halogens is 3. The zero-order chi connectivity index (χ0) is 14.6. The van der Waals surface area contributed by atoms with Crippen LogP contribution in [0.2, 0.25) is 0 Å². The summed E-state index contributed by atoms with van der Waals surface area (Å²) < 4.78 is 42.5. The number of nitrogens with one attached hydrogen (secondary N) is 1. The van der Waals surface area contributed by atoms with E-state index in [0.29, 0.717) is 12.3 Å². The Labute approximate surface area is 115 Å². The number of methoxy groups -OCH3 is 1. The van der Waals surface area contributed by atoms with Gasteiger partial charge < -0.3 is 10.1 Å². The Balaban J connectivity index is 2.04. The van der Waals surface area contributed by atoms with E-state index in [0.717, 1.165) is 23.4 Å². The van der Waals surface area contributed by atoms with E-state index in [1.165, 1.54) is 12.1 Å². The standard InChI is InChI=1S/C15H14F3NO/c1-20-14-5-3-2-4-13(14)19-10-11-6-8-12(9-7-11)15(16,17)18/h2-9,19H,10H2,1H3. The SMILES string of the molecule is COc1ccccc1NCc1ccc(C(F)(F)F)cc1. The Morgan fingerprint density at radius 1 is 1.00 bits per heavy atom. The average molecular weight is 281 g/mol. The van der Waals surface area contributed by atoms with Crippen molar-refractivity contribution >= 4 is 5.69 Å². The van der Waals surface area contributed by atoms with Gasteiger partial charge in [0.2, 0.25) is 0 Å². The number of anilines is 1. The van der Waals surface area contributed by atoms with Gasteiger partial charge in [0.25, 0.3) is 0 Å². The molecule has 0 amide bonds. The van der Waals surface area contributed by atoms with Gasteiger partial charge in [0.15, 0.2) is 0 Å². The molecule has 1 N–H and O–H groups in total. The monoisotopic (exact) mass is 281 g/mol. The van der Waals surface area contributed by atoms with Gasteiger partial charge in [0.05, 0.1) is 18.4 Å². The normalized spacial score (nSPS) is 11.2. The second-order valence-corrected chi connectivity index (χ2v) is 4.25. The summed E-state index contributed by atoms with van der Waals surface area (Å²) in [5.74, 6) is 0.694. The van der Waals surface area contributed by atoms with Gasteiger partial charge in [0.1, 0.15) is 5.75 Å². The molecule has 0 spiro atoms. The Bertz CT molecular complexity index is 564. The van der Waals surface area contributed by atoms with Crippen LogP contribution in [0.5, 0.6) is 5.75 Å². The van der Waals surface area contributed by atoms with E-state index >= 15 is 0 Å². The molecule has 2 aromatic carbocycles. The lowest BCUT2D eigenvalue weighted by atomic mass is 10.1. The lowest BCUT2D eigenvalue weighted by Crippen LogP contribution is -2.06. The molecular formula is C15H14F3NO. The van der Waals surface area contributed by atoms with Crippen LogP contribution in [-0.2, 0) is 12.7 Å². The number of alkyl halides is 3. The lowest BCUT2D eigenvalue weighted by Gasteiger charge is -2.11. The van der Waals surface area contributed by atoms with Gasteiger partial charge in [-0.15, -0.1) is 0 Å². The zero-order valence-electron chi connectivity index (χ0n) is 10.9. The van der Waals surface area contributed by atoms with Crippen LogP contribution in [0.15, 0.2) is 48.5 Å². The van der Waals surface area contributed by atoms with Crippen LogP contribution in [0.4, 0.5) is 18.9 Å². The first-order chi connectivity index (χ1) is 9.50. The predicted molar refractivity (Wildman–Crippen MR) is 71.8 cm³/mol. The molecule has 20 heavy (non-hydrogen) atoms. The van der Waals surface area contributed by atoms with Crippen LogP contribution < -0.4 is 10.1 Å². The molecule has 0 saturated carbocycles. The van der Waals surface area contributed by atoms with Gasteiger partial charge in [-0.05, 0) is 29.8 Å². The van der Waals surface area contributed by atoms with Gasteiger partial charge >= 0.3 is 6.18 Å². The maximum absolute atomic E-state index is 12.4. The highest BCUT2D eigenvalue weighted by molar-refractivity contribution is 5.56. The number of ether oxygens (including phenoxy) is 1. The van der Waals surface area contributed by atoms with Gasteiger partial charge in [-0.2, -0.15) is 13.2 Å². The van der Waals surface area contributed by atoms with Crippen molar-refractivity contribution in [2.45, 2.75) is 12.7 Å². The van der Waals surface area contributed by atoms with E-state index in [1.54, 1.807) is 7.11 Å². The molecule has 0 aliphatic rings. The molecule has 2 nitrogen and oxygen atoms in total. The van der Waals surface area contributed by atoms with Crippen LogP contribution in [-0.4, -0.2) is 7.11 Å². The summed E-state index contributed by atoms with van der Waals surface area (Å²) in [6.07, 6.45) is -4.30. The fraction of sp³-hybridized carbons (Fsp3) is 0.200. The predicted octanol–water partition coefficient (Wildman–Crippen LogP) is 4.33. The van der Waals surface area contributed by atoms with E-state index in [-0.39, 0.29) is 0 Å². The second-order valence-electron chi connectivity index (χ2n) is 4.25. The Morgan fingerprint density at radius 2 is 1.65 bits per heavy atom. The summed E-state index contributed by atoms with van der Waals surface area (Å²) in [5, 5.41) is 3.13. The van der Waals surface area contributed by atoms with Crippen LogP contribution >= 0.6 is 0 Å². The zero-order valence-corrected chi connectivity index (χ0v) is 10.9. The molecule has 0 atom stereocenters. The number of hydrogen-bond acceptors (Lipinski definition) is 2. The summed E-state index contributed by atoms with van der Waals surface area (Å²) in [4.78, 5) is 0. The number of benzene rings is 2. The molecule has 0 unspecified atom stereocenters. The van der Waals surface area contributed by atoms with Crippen LogP contribution in [0.3, 0.4) is 0 Å². The van der Waals surface area contributed by atoms with Gasteiger partial charge in [-0.3, -0.25) is 0 Å². The Hall–Kier alpha value is -2.17. The van der Waals surface area contributed by atoms with Crippen molar-refractivity contribution in [3.8, 4) is 5.75 Å². The number of hydrogen-bond donors (Lipinski definition) is 1. The maximum Gasteiger partial charge on any atom is 0.416 e. The average Bonchev–Trinajstić information content (AvgIpc) is 2.45. The molecule has 106 valence electrons. The Kier molecular flexibility index (Phi) is 4.17. The molecule has 5 heteroatoms. The number of para-hydroxylation sites is 2. The van der Waals surface area contributed by atoms with Crippen molar-refractivity contribution in [1.82, 2.24) is 0 Å². The number of rotatable bonds is 4. The topological polar surface area (TPSA) is 21.3 Å². The van der Waals surface area contributed by atoms with Crippen molar-refractivity contribution in [1.29, 1.82) is 0 Å². The molecule has 0 radical (unpaired) electrons. The molecule has 0 aliphatic carbocycles. The minimum atomic E-state index is -4.30. The van der Waals surface area contributed by atoms with Crippen molar-refractivity contribution in [2.75, 3.05) is 12.4 Å². The fourth-order valence-electron chi connectivity index (χ4n) is 1.80. The van der Waals surface area contributed by atoms with Crippen molar-refractivity contribution in [3.63, 3.8) is 0 Å². The first-order valence-corrected chi connectivity index (χ1v) is 6.04. The van der Waals surface area contributed by atoms with Gasteiger partial charge in [0, 0.05) is 6.54 Å². The molecule has 0 bridgehead atoms. The minimum absolute atomic E-state index is 0.429. The quantitative estimate of drug-likeness (QED) is 0.900. The summed E-state index contributed by atoms with van der Waals surface area (Å²) in [5.41, 5.74) is 0.928. The third-order valence-corrected chi connectivity index (χ3v) is 2.87. The molecule has 2 rings (SSSR count). The molecule has 0 aliphatic heterocycles. The second kappa shape index (κ2) is 5.86. The molecular weight excluding hydrogens is 267 g/mol. The summed E-state index contributed by atoms with van der Waals surface area (Å²) >= 11 is 0.